The Balaban J connectivity index is 1.41. The minimum Gasteiger partial charge on any atom is -0.488 e. The van der Waals surface area contributed by atoms with E-state index in [-0.39, 0.29) is 26.6 Å². The molecule has 0 spiro atoms. The number of sulfone groups is 1. The van der Waals surface area contributed by atoms with Crippen molar-refractivity contribution in [3.8, 4) is 17.2 Å². The van der Waals surface area contributed by atoms with E-state index in [2.05, 4.69) is 27.7 Å². The molecule has 0 saturated heterocycles. The zero-order valence-electron chi connectivity index (χ0n) is 24.6. The van der Waals surface area contributed by atoms with Crippen molar-refractivity contribution in [1.82, 2.24) is 0 Å². The van der Waals surface area contributed by atoms with Crippen molar-refractivity contribution in [1.29, 1.82) is 0 Å². The van der Waals surface area contributed by atoms with Crippen molar-refractivity contribution >= 4 is 15.6 Å². The second kappa shape index (κ2) is 11.9. The van der Waals surface area contributed by atoms with Crippen LogP contribution < -0.4 is 9.47 Å². The normalized spacial score (nSPS) is 12.1. The third kappa shape index (κ3) is 7.06. The molecule has 0 atom stereocenters. The smallest absolute Gasteiger partial charge is 0.206 e. The highest BCUT2D eigenvalue weighted by Gasteiger charge is 2.22. The highest BCUT2D eigenvalue weighted by Crippen LogP contribution is 2.30. The monoisotopic (exact) mass is 570 g/mol. The van der Waals surface area contributed by atoms with Gasteiger partial charge in [0.2, 0.25) is 9.84 Å². The van der Waals surface area contributed by atoms with Crippen LogP contribution in [0.5, 0.6) is 17.2 Å². The van der Waals surface area contributed by atoms with Crippen LogP contribution in [0.25, 0.3) is 0 Å². The molecule has 214 valence electrons. The molecule has 0 radical (unpaired) electrons. The fourth-order valence-corrected chi connectivity index (χ4v) is 5.42. The zero-order valence-corrected chi connectivity index (χ0v) is 25.4. The van der Waals surface area contributed by atoms with E-state index in [1.54, 1.807) is 72.8 Å². The fourth-order valence-electron chi connectivity index (χ4n) is 4.15. The summed E-state index contributed by atoms with van der Waals surface area (Å²) in [6, 6.07) is 27.5. The Morgan fingerprint density at radius 2 is 1.02 bits per heavy atom. The van der Waals surface area contributed by atoms with E-state index in [0.717, 1.165) is 24.2 Å². The number of ether oxygens (including phenoxy) is 2. The number of ketones is 1. The summed E-state index contributed by atoms with van der Waals surface area (Å²) in [6.07, 6.45) is 1.83. The lowest BCUT2D eigenvalue weighted by atomic mass is 9.82. The van der Waals surface area contributed by atoms with Crippen LogP contribution in [0.2, 0.25) is 0 Å². The summed E-state index contributed by atoms with van der Waals surface area (Å²) in [5.41, 5.74) is 1.93. The Labute approximate surface area is 244 Å². The van der Waals surface area contributed by atoms with Crippen molar-refractivity contribution in [3.63, 3.8) is 0 Å². The van der Waals surface area contributed by atoms with Crippen molar-refractivity contribution < 1.29 is 22.7 Å². The van der Waals surface area contributed by atoms with Crippen LogP contribution in [0.15, 0.2) is 107 Å². The molecule has 0 aliphatic heterocycles. The summed E-state index contributed by atoms with van der Waals surface area (Å²) in [4.78, 5) is 13.4. The second-order valence-corrected chi connectivity index (χ2v) is 13.4. The number of hydrogen-bond donors (Lipinski definition) is 0. The number of benzene rings is 4. The number of hydrogen-bond acceptors (Lipinski definition) is 5. The predicted molar refractivity (Wildman–Crippen MR) is 163 cm³/mol. The van der Waals surface area contributed by atoms with E-state index in [9.17, 15) is 13.2 Å². The largest absolute Gasteiger partial charge is 0.488 e. The lowest BCUT2D eigenvalue weighted by Gasteiger charge is -2.24. The Morgan fingerprint density at radius 1 is 0.610 bits per heavy atom. The molecule has 0 bridgehead atoms. The fraction of sp³-hybridized carbons (Fsp3) is 0.286. The van der Waals surface area contributed by atoms with E-state index < -0.39 is 9.84 Å². The van der Waals surface area contributed by atoms with Gasteiger partial charge in [-0.3, -0.25) is 4.79 Å². The van der Waals surface area contributed by atoms with Crippen molar-refractivity contribution in [2.45, 2.75) is 75.2 Å². The third-order valence-electron chi connectivity index (χ3n) is 7.68. The first-order valence-electron chi connectivity index (χ1n) is 13.9. The van der Waals surface area contributed by atoms with Gasteiger partial charge in [0.1, 0.15) is 22.8 Å². The van der Waals surface area contributed by atoms with Gasteiger partial charge in [-0.2, -0.15) is 0 Å². The summed E-state index contributed by atoms with van der Waals surface area (Å²) in [5.74, 6) is 1.66. The van der Waals surface area contributed by atoms with Gasteiger partial charge in [-0.25, -0.2) is 8.42 Å². The van der Waals surface area contributed by atoms with Crippen LogP contribution in [0, 0.1) is 0 Å². The highest BCUT2D eigenvalue weighted by molar-refractivity contribution is 7.91. The van der Waals surface area contributed by atoms with Gasteiger partial charge in [0.05, 0.1) is 9.79 Å². The standard InChI is InChI=1S/C35H38O5S/c1-7-34(3,4)27-13-21-31(22-14-27)41(37,38)32-23-19-29(20-24-32)39-28-15-9-25(10-16-28)33(36)26-11-17-30(18-12-26)40-35(5,6)8-2/h9-24H,7-8H2,1-6H3. The maximum atomic E-state index is 13.2. The Hall–Kier alpha value is -3.90. The first-order valence-corrected chi connectivity index (χ1v) is 15.4. The molecular weight excluding hydrogens is 532 g/mol. The molecule has 5 nitrogen and oxygen atoms in total. The third-order valence-corrected chi connectivity index (χ3v) is 9.46. The topological polar surface area (TPSA) is 69.7 Å². The molecule has 0 N–H and O–H groups in total. The molecule has 4 aromatic rings. The molecule has 6 heteroatoms. The maximum absolute atomic E-state index is 13.2. The van der Waals surface area contributed by atoms with Crippen molar-refractivity contribution in [2.75, 3.05) is 0 Å². The Kier molecular flexibility index (Phi) is 8.74. The summed E-state index contributed by atoms with van der Waals surface area (Å²) in [7, 11) is -3.65. The van der Waals surface area contributed by atoms with Gasteiger partial charge in [-0.1, -0.05) is 39.8 Å². The maximum Gasteiger partial charge on any atom is 0.206 e. The number of carbonyl (C=O) groups excluding carboxylic acids is 1. The van der Waals surface area contributed by atoms with Gasteiger partial charge in [0.15, 0.2) is 5.78 Å². The van der Waals surface area contributed by atoms with E-state index >= 15 is 0 Å². The summed E-state index contributed by atoms with van der Waals surface area (Å²) < 4.78 is 38.2. The molecule has 0 fully saturated rings. The Morgan fingerprint density at radius 3 is 1.46 bits per heavy atom. The molecule has 0 amide bonds. The van der Waals surface area contributed by atoms with Crippen molar-refractivity contribution in [3.05, 3.63) is 114 Å². The minimum atomic E-state index is -3.65. The lowest BCUT2D eigenvalue weighted by molar-refractivity contribution is 0.103. The quantitative estimate of drug-likeness (QED) is 0.169. The number of rotatable bonds is 11. The van der Waals surface area contributed by atoms with Gasteiger partial charge in [0.25, 0.3) is 0 Å². The van der Waals surface area contributed by atoms with E-state index in [1.165, 1.54) is 0 Å². The summed E-state index contributed by atoms with van der Waals surface area (Å²) in [5, 5.41) is 0. The van der Waals surface area contributed by atoms with Crippen LogP contribution in [-0.4, -0.2) is 19.8 Å². The van der Waals surface area contributed by atoms with E-state index in [1.807, 2.05) is 38.1 Å². The van der Waals surface area contributed by atoms with Crippen LogP contribution in [-0.2, 0) is 15.3 Å². The van der Waals surface area contributed by atoms with Crippen molar-refractivity contribution in [2.24, 2.45) is 0 Å². The SMILES string of the molecule is CCC(C)(C)Oc1ccc(C(=O)c2ccc(Oc3ccc(S(=O)(=O)c4ccc(C(C)(C)CC)cc4)cc3)cc2)cc1. The molecule has 0 aliphatic carbocycles. The van der Waals surface area contributed by atoms with E-state index in [0.29, 0.717) is 22.6 Å². The Bertz CT molecular complexity index is 1580. The lowest BCUT2D eigenvalue weighted by Crippen LogP contribution is -2.26. The summed E-state index contributed by atoms with van der Waals surface area (Å²) >= 11 is 0. The van der Waals surface area contributed by atoms with Gasteiger partial charge < -0.3 is 9.47 Å². The van der Waals surface area contributed by atoms with Crippen LogP contribution in [0.3, 0.4) is 0 Å². The average Bonchev–Trinajstić information content (AvgIpc) is 2.98. The average molecular weight is 571 g/mol. The van der Waals surface area contributed by atoms with Crippen LogP contribution in [0.4, 0.5) is 0 Å². The van der Waals surface area contributed by atoms with Crippen LogP contribution >= 0.6 is 0 Å². The van der Waals surface area contributed by atoms with Gasteiger partial charge in [-0.05, 0) is 123 Å². The molecular formula is C35H38O5S. The second-order valence-electron chi connectivity index (χ2n) is 11.4. The first kappa shape index (κ1) is 30.1. The molecule has 0 unspecified atom stereocenters. The molecule has 4 aromatic carbocycles. The molecule has 4 rings (SSSR count). The summed E-state index contributed by atoms with van der Waals surface area (Å²) in [6.45, 7) is 12.5. The predicted octanol–water partition coefficient (Wildman–Crippen LogP) is 8.80. The molecule has 41 heavy (non-hydrogen) atoms. The van der Waals surface area contributed by atoms with Gasteiger partial charge in [0, 0.05) is 11.1 Å². The molecule has 0 aromatic heterocycles. The first-order chi connectivity index (χ1) is 19.3. The molecule has 0 aliphatic rings. The van der Waals surface area contributed by atoms with Gasteiger partial charge >= 0.3 is 0 Å². The minimum absolute atomic E-state index is 0.0145. The molecule has 0 saturated carbocycles. The van der Waals surface area contributed by atoms with Crippen LogP contribution in [0.1, 0.15) is 75.9 Å². The number of carbonyl (C=O) groups is 1. The van der Waals surface area contributed by atoms with E-state index in [4.69, 9.17) is 9.47 Å². The zero-order chi connectivity index (χ0) is 29.8. The highest BCUT2D eigenvalue weighted by atomic mass is 32.2. The molecule has 0 heterocycles. The van der Waals surface area contributed by atoms with Gasteiger partial charge in [-0.15, -0.1) is 0 Å².